The summed E-state index contributed by atoms with van der Waals surface area (Å²) in [6, 6.07) is 2.76. The van der Waals surface area contributed by atoms with Crippen molar-refractivity contribution in [2.45, 2.75) is 25.4 Å². The maximum Gasteiger partial charge on any atom is 0.417 e. The second kappa shape index (κ2) is 7.15. The Kier molecular flexibility index (Phi) is 4.84. The van der Waals surface area contributed by atoms with Gasteiger partial charge < -0.3 is 15.5 Å². The molecule has 0 unspecified atom stereocenters. The van der Waals surface area contributed by atoms with Gasteiger partial charge in [0.1, 0.15) is 5.69 Å². The molecule has 3 aromatic heterocycles. The van der Waals surface area contributed by atoms with Gasteiger partial charge in [-0.3, -0.25) is 9.78 Å². The van der Waals surface area contributed by atoms with Crippen molar-refractivity contribution in [2.75, 3.05) is 29.6 Å². The quantitative estimate of drug-likeness (QED) is 0.620. The Morgan fingerprint density at radius 1 is 1.16 bits per heavy atom. The first kappa shape index (κ1) is 21.0. The van der Waals surface area contributed by atoms with E-state index in [1.54, 1.807) is 24.2 Å². The number of carbonyl (C=O) groups excluding carboxylic acids is 1. The monoisotopic (exact) mass is 449 g/mol. The Balaban J connectivity index is 1.62. The molecule has 31 heavy (non-hydrogen) atoms. The molecule has 1 aliphatic heterocycles. The lowest BCUT2D eigenvalue weighted by atomic mass is 9.86. The zero-order valence-corrected chi connectivity index (χ0v) is 17.8. The lowest BCUT2D eigenvalue weighted by Gasteiger charge is -2.16. The van der Waals surface area contributed by atoms with Crippen LogP contribution in [0.15, 0.2) is 24.5 Å². The molecule has 1 aliphatic rings. The van der Waals surface area contributed by atoms with Crippen molar-refractivity contribution >= 4 is 39.8 Å². The predicted molar refractivity (Wildman–Crippen MR) is 112 cm³/mol. The number of hydrogen-bond acceptors (Lipinski definition) is 8. The molecular weight excluding hydrogens is 431 g/mol. The fourth-order valence-electron chi connectivity index (χ4n) is 3.37. The van der Waals surface area contributed by atoms with Crippen LogP contribution in [0, 0.1) is 0 Å². The highest BCUT2D eigenvalue weighted by molar-refractivity contribution is 7.09. The normalized spacial score (nSPS) is 15.2. The number of rotatable bonds is 4. The van der Waals surface area contributed by atoms with Gasteiger partial charge in [-0.1, -0.05) is 0 Å². The lowest BCUT2D eigenvalue weighted by Crippen LogP contribution is -2.33. The van der Waals surface area contributed by atoms with Crippen molar-refractivity contribution in [1.82, 2.24) is 19.3 Å². The maximum atomic E-state index is 12.9. The molecule has 4 rings (SSSR count). The second-order valence-electron chi connectivity index (χ2n) is 7.49. The van der Waals surface area contributed by atoms with Crippen LogP contribution in [0.25, 0.3) is 11.5 Å². The minimum Gasteiger partial charge on any atom is -0.385 e. The summed E-state index contributed by atoms with van der Waals surface area (Å²) < 4.78 is 43.0. The zero-order valence-electron chi connectivity index (χ0n) is 17.0. The first-order chi connectivity index (χ1) is 14.5. The van der Waals surface area contributed by atoms with E-state index in [-0.39, 0.29) is 17.4 Å². The summed E-state index contributed by atoms with van der Waals surface area (Å²) in [7, 11) is 3.21. The third kappa shape index (κ3) is 3.56. The molecule has 0 fully saturated rings. The van der Waals surface area contributed by atoms with Gasteiger partial charge in [0.05, 0.1) is 28.6 Å². The summed E-state index contributed by atoms with van der Waals surface area (Å²) in [5.74, 6) is 0.502. The van der Waals surface area contributed by atoms with Crippen molar-refractivity contribution in [2.24, 2.45) is 0 Å². The van der Waals surface area contributed by atoms with Gasteiger partial charge >= 0.3 is 6.18 Å². The number of amides is 1. The van der Waals surface area contributed by atoms with E-state index in [9.17, 15) is 18.0 Å². The van der Waals surface area contributed by atoms with Crippen molar-refractivity contribution in [3.63, 3.8) is 0 Å². The van der Waals surface area contributed by atoms with Crippen LogP contribution in [0.2, 0.25) is 0 Å². The third-order valence-electron chi connectivity index (χ3n) is 5.12. The van der Waals surface area contributed by atoms with Gasteiger partial charge in [0, 0.05) is 31.8 Å². The molecule has 1 amide bonds. The van der Waals surface area contributed by atoms with Gasteiger partial charge in [-0.05, 0) is 31.5 Å². The number of nitrogens with zero attached hydrogens (tertiary/aromatic N) is 5. The Labute approximate surface area is 179 Å². The summed E-state index contributed by atoms with van der Waals surface area (Å²) in [4.78, 5) is 26.6. The average Bonchev–Trinajstić information content (AvgIpc) is 3.25. The van der Waals surface area contributed by atoms with E-state index in [0.29, 0.717) is 16.6 Å². The van der Waals surface area contributed by atoms with E-state index in [0.717, 1.165) is 35.0 Å². The topological polar surface area (TPSA) is 95.9 Å². The van der Waals surface area contributed by atoms with Gasteiger partial charge in [-0.25, -0.2) is 4.98 Å². The van der Waals surface area contributed by atoms with Gasteiger partial charge in [0.25, 0.3) is 0 Å². The number of hydrogen-bond donors (Lipinski definition) is 2. The van der Waals surface area contributed by atoms with Crippen molar-refractivity contribution in [1.29, 1.82) is 0 Å². The van der Waals surface area contributed by atoms with Gasteiger partial charge in [-0.15, -0.1) is 0 Å². The predicted octanol–water partition coefficient (Wildman–Crippen LogP) is 4.05. The van der Waals surface area contributed by atoms with Gasteiger partial charge in [-0.2, -0.15) is 22.5 Å². The summed E-state index contributed by atoms with van der Waals surface area (Å²) >= 11 is 1.02. The average molecular weight is 449 g/mol. The lowest BCUT2D eigenvalue weighted by molar-refractivity contribution is -0.137. The molecule has 0 atom stereocenters. The molecule has 12 heteroatoms. The summed E-state index contributed by atoms with van der Waals surface area (Å²) in [6.45, 7) is 3.69. The third-order valence-corrected chi connectivity index (χ3v) is 5.75. The molecule has 0 aromatic carbocycles. The highest BCUT2D eigenvalue weighted by Gasteiger charge is 2.42. The molecule has 0 radical (unpaired) electrons. The Hall–Kier alpha value is -3.28. The Morgan fingerprint density at radius 3 is 2.58 bits per heavy atom. The van der Waals surface area contributed by atoms with E-state index < -0.39 is 17.2 Å². The van der Waals surface area contributed by atoms with Crippen molar-refractivity contribution in [3.05, 3.63) is 35.7 Å². The van der Waals surface area contributed by atoms with Crippen LogP contribution in [0.5, 0.6) is 0 Å². The maximum absolute atomic E-state index is 12.9. The Bertz CT molecular complexity index is 1180. The molecule has 0 aliphatic carbocycles. The smallest absolute Gasteiger partial charge is 0.385 e. The summed E-state index contributed by atoms with van der Waals surface area (Å²) in [5.41, 5.74) is 0.685. The van der Waals surface area contributed by atoms with Crippen molar-refractivity contribution in [3.8, 4) is 11.5 Å². The van der Waals surface area contributed by atoms with Crippen molar-refractivity contribution < 1.29 is 18.0 Å². The molecule has 0 saturated carbocycles. The van der Waals surface area contributed by atoms with Crippen LogP contribution in [-0.4, -0.2) is 39.3 Å². The van der Waals surface area contributed by atoms with E-state index in [1.807, 2.05) is 13.8 Å². The summed E-state index contributed by atoms with van der Waals surface area (Å²) in [6.07, 6.45) is -2.12. The van der Waals surface area contributed by atoms with Crippen LogP contribution < -0.4 is 15.5 Å². The minimum absolute atomic E-state index is 0.0250. The second-order valence-corrected chi connectivity index (χ2v) is 8.24. The fourth-order valence-corrected chi connectivity index (χ4v) is 3.95. The Morgan fingerprint density at radius 2 is 1.90 bits per heavy atom. The van der Waals surface area contributed by atoms with E-state index in [2.05, 4.69) is 30.0 Å². The highest BCUT2D eigenvalue weighted by Crippen LogP contribution is 2.41. The number of pyridine rings is 2. The van der Waals surface area contributed by atoms with Crippen LogP contribution in [0.4, 0.5) is 35.5 Å². The van der Waals surface area contributed by atoms with E-state index in [4.69, 9.17) is 0 Å². The van der Waals surface area contributed by atoms with Gasteiger partial charge in [0.15, 0.2) is 11.6 Å². The van der Waals surface area contributed by atoms with Crippen LogP contribution in [0.3, 0.4) is 0 Å². The van der Waals surface area contributed by atoms with Crippen LogP contribution in [0.1, 0.15) is 25.0 Å². The number of alkyl halides is 3. The number of anilines is 4. The number of halogens is 3. The molecule has 4 heterocycles. The zero-order chi connectivity index (χ0) is 22.6. The molecule has 3 aromatic rings. The SMILES string of the molecule is CNc1cc(C(F)(F)F)cnc1Nc1nc(-c2cc3c(cn2)N(C)C(=O)C3(C)C)ns1. The number of nitrogens with one attached hydrogen (secondary N) is 2. The molecule has 0 bridgehead atoms. The summed E-state index contributed by atoms with van der Waals surface area (Å²) in [5, 5.41) is 5.92. The number of fused-ring (bicyclic) bond motifs is 1. The fraction of sp³-hybridized carbons (Fsp3) is 0.316. The molecule has 0 spiro atoms. The standard InChI is InChI=1S/C19H18F3N7OS/c1-18(2)10-6-12(24-8-13(10)29(4)16(18)30)15-27-17(31-28-15)26-14-11(23-3)5-9(7-25-14)19(20,21)22/h5-8,23H,1-4H3,(H,25,26,27,28). The minimum atomic E-state index is -4.49. The van der Waals surface area contributed by atoms with E-state index >= 15 is 0 Å². The first-order valence-electron chi connectivity index (χ1n) is 9.17. The number of likely N-dealkylation sites (N-methyl/N-ethyl adjacent to an activating group) is 1. The molecule has 8 nitrogen and oxygen atoms in total. The largest absolute Gasteiger partial charge is 0.417 e. The molecule has 162 valence electrons. The van der Waals surface area contributed by atoms with E-state index in [1.165, 1.54) is 7.05 Å². The first-order valence-corrected chi connectivity index (χ1v) is 9.94. The molecule has 2 N–H and O–H groups in total. The molecular formula is C19H18F3N7OS. The highest BCUT2D eigenvalue weighted by atomic mass is 32.1. The number of aromatic nitrogens is 4. The molecule has 0 saturated heterocycles. The number of carbonyl (C=O) groups is 1. The van der Waals surface area contributed by atoms with Crippen LogP contribution in [-0.2, 0) is 16.4 Å². The van der Waals surface area contributed by atoms with Gasteiger partial charge in [0.2, 0.25) is 11.0 Å². The van der Waals surface area contributed by atoms with Crippen LogP contribution >= 0.6 is 11.5 Å².